The SMILES string of the molecule is N#CCCN(C(=O)CSc1nnc(Cc2cccs2)n1-c1ccccc1)c1ccccc1. The summed E-state index contributed by atoms with van der Waals surface area (Å²) in [6.07, 6.45) is 0.947. The van der Waals surface area contributed by atoms with Gasteiger partial charge in [-0.05, 0) is 35.7 Å². The molecule has 8 heteroatoms. The minimum atomic E-state index is -0.0705. The number of benzene rings is 2. The van der Waals surface area contributed by atoms with Gasteiger partial charge in [0.15, 0.2) is 5.16 Å². The number of nitriles is 1. The molecule has 0 saturated heterocycles. The van der Waals surface area contributed by atoms with E-state index in [4.69, 9.17) is 5.26 Å². The topological polar surface area (TPSA) is 74.8 Å². The van der Waals surface area contributed by atoms with E-state index in [1.54, 1.807) is 16.2 Å². The van der Waals surface area contributed by atoms with Crippen molar-refractivity contribution < 1.29 is 4.79 Å². The fourth-order valence-corrected chi connectivity index (χ4v) is 4.83. The van der Waals surface area contributed by atoms with Gasteiger partial charge in [0.25, 0.3) is 0 Å². The van der Waals surface area contributed by atoms with Crippen LogP contribution in [0.1, 0.15) is 17.1 Å². The molecular formula is C24H21N5OS2. The number of hydrogen-bond donors (Lipinski definition) is 0. The van der Waals surface area contributed by atoms with Gasteiger partial charge in [0, 0.05) is 29.2 Å². The molecule has 0 unspecified atom stereocenters. The summed E-state index contributed by atoms with van der Waals surface area (Å²) in [6.45, 7) is 0.356. The monoisotopic (exact) mass is 459 g/mol. The Morgan fingerprint density at radius 2 is 1.78 bits per heavy atom. The molecule has 0 aliphatic heterocycles. The van der Waals surface area contributed by atoms with Crippen molar-refractivity contribution in [3.8, 4) is 11.8 Å². The molecule has 2 aromatic carbocycles. The highest BCUT2D eigenvalue weighted by atomic mass is 32.2. The van der Waals surface area contributed by atoms with Gasteiger partial charge < -0.3 is 4.90 Å². The van der Waals surface area contributed by atoms with Crippen LogP contribution in [0.5, 0.6) is 0 Å². The van der Waals surface area contributed by atoms with Crippen LogP contribution in [0.2, 0.25) is 0 Å². The van der Waals surface area contributed by atoms with Crippen LogP contribution in [-0.2, 0) is 11.2 Å². The second-order valence-electron chi connectivity index (χ2n) is 6.90. The van der Waals surface area contributed by atoms with Gasteiger partial charge in [-0.15, -0.1) is 21.5 Å². The molecule has 160 valence electrons. The average molecular weight is 460 g/mol. The largest absolute Gasteiger partial charge is 0.311 e. The summed E-state index contributed by atoms with van der Waals surface area (Å²) < 4.78 is 2.01. The Labute approximate surface area is 195 Å². The van der Waals surface area contributed by atoms with E-state index in [-0.39, 0.29) is 18.1 Å². The van der Waals surface area contributed by atoms with Crippen molar-refractivity contribution in [3.05, 3.63) is 88.9 Å². The maximum atomic E-state index is 13.1. The molecule has 0 N–H and O–H groups in total. The molecule has 0 saturated carbocycles. The first-order valence-electron chi connectivity index (χ1n) is 10.1. The molecule has 6 nitrogen and oxygen atoms in total. The van der Waals surface area contributed by atoms with E-state index in [9.17, 15) is 4.79 Å². The smallest absolute Gasteiger partial charge is 0.237 e. The van der Waals surface area contributed by atoms with Gasteiger partial charge in [-0.3, -0.25) is 9.36 Å². The molecule has 2 heterocycles. The zero-order valence-electron chi connectivity index (χ0n) is 17.3. The van der Waals surface area contributed by atoms with Crippen LogP contribution in [0.25, 0.3) is 5.69 Å². The summed E-state index contributed by atoms with van der Waals surface area (Å²) in [5, 5.41) is 20.6. The Bertz CT molecular complexity index is 1180. The summed E-state index contributed by atoms with van der Waals surface area (Å²) in [5.41, 5.74) is 1.75. The van der Waals surface area contributed by atoms with E-state index in [1.165, 1.54) is 16.6 Å². The lowest BCUT2D eigenvalue weighted by Gasteiger charge is -2.21. The number of nitrogens with zero attached hydrogens (tertiary/aromatic N) is 5. The zero-order valence-corrected chi connectivity index (χ0v) is 18.9. The molecule has 0 fully saturated rings. The van der Waals surface area contributed by atoms with E-state index in [2.05, 4.69) is 22.3 Å². The lowest BCUT2D eigenvalue weighted by Crippen LogP contribution is -2.33. The Morgan fingerprint density at radius 1 is 1.03 bits per heavy atom. The number of thiophene rings is 1. The molecule has 32 heavy (non-hydrogen) atoms. The highest BCUT2D eigenvalue weighted by Crippen LogP contribution is 2.25. The van der Waals surface area contributed by atoms with Gasteiger partial charge in [-0.25, -0.2) is 0 Å². The van der Waals surface area contributed by atoms with Crippen molar-refractivity contribution >= 4 is 34.7 Å². The van der Waals surface area contributed by atoms with Gasteiger partial charge in [-0.1, -0.05) is 54.2 Å². The van der Waals surface area contributed by atoms with E-state index in [0.29, 0.717) is 18.1 Å². The minimum absolute atomic E-state index is 0.0705. The number of rotatable bonds is 9. The van der Waals surface area contributed by atoms with Crippen molar-refractivity contribution in [1.29, 1.82) is 5.26 Å². The predicted molar refractivity (Wildman–Crippen MR) is 128 cm³/mol. The Morgan fingerprint density at radius 3 is 2.47 bits per heavy atom. The molecule has 0 spiro atoms. The molecule has 1 amide bonds. The first-order valence-corrected chi connectivity index (χ1v) is 12.0. The van der Waals surface area contributed by atoms with Crippen LogP contribution in [0.15, 0.2) is 83.3 Å². The lowest BCUT2D eigenvalue weighted by atomic mass is 10.2. The summed E-state index contributed by atoms with van der Waals surface area (Å²) in [4.78, 5) is 15.9. The van der Waals surface area contributed by atoms with Crippen LogP contribution in [0, 0.1) is 11.3 Å². The fraction of sp³-hybridized carbons (Fsp3) is 0.167. The van der Waals surface area contributed by atoms with E-state index in [0.717, 1.165) is 17.2 Å². The van der Waals surface area contributed by atoms with Gasteiger partial charge in [0.05, 0.1) is 18.2 Å². The average Bonchev–Trinajstić information content (AvgIpc) is 3.49. The van der Waals surface area contributed by atoms with Gasteiger partial charge in [-0.2, -0.15) is 5.26 Å². The van der Waals surface area contributed by atoms with Crippen LogP contribution in [0.4, 0.5) is 5.69 Å². The molecule has 0 atom stereocenters. The molecule has 4 rings (SSSR count). The standard InChI is InChI=1S/C24H21N5OS2/c25-14-8-15-28(19-9-3-1-4-10-19)23(30)18-32-24-27-26-22(17-21-13-7-16-31-21)29(24)20-11-5-2-6-12-20/h1-7,9-13,16H,8,15,17-18H2. The minimum Gasteiger partial charge on any atom is -0.311 e. The molecule has 2 aromatic heterocycles. The van der Waals surface area contributed by atoms with E-state index < -0.39 is 0 Å². The summed E-state index contributed by atoms with van der Waals surface area (Å²) >= 11 is 3.04. The third-order valence-corrected chi connectivity index (χ3v) is 6.56. The highest BCUT2D eigenvalue weighted by Gasteiger charge is 2.20. The first-order chi connectivity index (χ1) is 15.8. The number of carbonyl (C=O) groups excluding carboxylic acids is 1. The van der Waals surface area contributed by atoms with Gasteiger partial charge in [0.2, 0.25) is 5.91 Å². The second kappa shape index (κ2) is 10.8. The molecular weight excluding hydrogens is 438 g/mol. The molecule has 0 radical (unpaired) electrons. The number of anilines is 1. The summed E-state index contributed by atoms with van der Waals surface area (Å²) in [5.74, 6) is 0.960. The molecule has 0 bridgehead atoms. The lowest BCUT2D eigenvalue weighted by molar-refractivity contribution is -0.116. The number of thioether (sulfide) groups is 1. The third kappa shape index (κ3) is 5.25. The summed E-state index contributed by atoms with van der Waals surface area (Å²) in [6, 6.07) is 25.6. The van der Waals surface area contributed by atoms with Crippen molar-refractivity contribution in [1.82, 2.24) is 14.8 Å². The number of carbonyl (C=O) groups is 1. The number of para-hydroxylation sites is 2. The highest BCUT2D eigenvalue weighted by molar-refractivity contribution is 7.99. The second-order valence-corrected chi connectivity index (χ2v) is 8.88. The normalized spacial score (nSPS) is 10.6. The molecule has 0 aliphatic rings. The summed E-state index contributed by atoms with van der Waals surface area (Å²) in [7, 11) is 0. The van der Waals surface area contributed by atoms with Crippen molar-refractivity contribution in [2.45, 2.75) is 18.0 Å². The maximum absolute atomic E-state index is 13.1. The fourth-order valence-electron chi connectivity index (χ4n) is 3.29. The molecule has 0 aliphatic carbocycles. The predicted octanol–water partition coefficient (Wildman–Crippen LogP) is 4.96. The van der Waals surface area contributed by atoms with Crippen LogP contribution in [-0.4, -0.2) is 33.0 Å². The maximum Gasteiger partial charge on any atom is 0.237 e. The van der Waals surface area contributed by atoms with Crippen LogP contribution >= 0.6 is 23.1 Å². The number of hydrogen-bond acceptors (Lipinski definition) is 6. The van der Waals surface area contributed by atoms with Crippen molar-refractivity contribution in [2.24, 2.45) is 0 Å². The van der Waals surface area contributed by atoms with Crippen LogP contribution < -0.4 is 4.90 Å². The Balaban J connectivity index is 1.56. The van der Waals surface area contributed by atoms with Gasteiger partial charge in [0.1, 0.15) is 5.82 Å². The zero-order chi connectivity index (χ0) is 22.2. The Hall–Kier alpha value is -3.41. The van der Waals surface area contributed by atoms with Crippen molar-refractivity contribution in [3.63, 3.8) is 0 Å². The third-order valence-electron chi connectivity index (χ3n) is 4.77. The first kappa shape index (κ1) is 21.8. The van der Waals surface area contributed by atoms with E-state index >= 15 is 0 Å². The van der Waals surface area contributed by atoms with Crippen molar-refractivity contribution in [2.75, 3.05) is 17.2 Å². The van der Waals surface area contributed by atoms with Gasteiger partial charge >= 0.3 is 0 Å². The van der Waals surface area contributed by atoms with E-state index in [1.807, 2.05) is 76.7 Å². The number of aromatic nitrogens is 3. The number of amides is 1. The molecule has 4 aromatic rings. The quantitative estimate of drug-likeness (QED) is 0.331. The Kier molecular flexibility index (Phi) is 7.33. The van der Waals surface area contributed by atoms with Crippen LogP contribution in [0.3, 0.4) is 0 Å².